The maximum Gasteiger partial charge on any atom is 0.120 e. The van der Waals surface area contributed by atoms with Crippen LogP contribution in [0.5, 0.6) is 5.75 Å². The Kier molecular flexibility index (Phi) is 2.81. The standard InChI is InChI=1S/C12H15N3O/c1-3-16-8-4-5-11-9(6-8)12(14-2)10(13)7-15-11/h4-7H,3,13H2,1-2H3,(H,14,15). The van der Waals surface area contributed by atoms with Gasteiger partial charge < -0.3 is 15.8 Å². The highest BCUT2D eigenvalue weighted by Crippen LogP contribution is 2.30. The number of hydrogen-bond acceptors (Lipinski definition) is 4. The van der Waals surface area contributed by atoms with E-state index in [9.17, 15) is 0 Å². The monoisotopic (exact) mass is 217 g/mol. The fourth-order valence-corrected chi connectivity index (χ4v) is 1.72. The average molecular weight is 217 g/mol. The van der Waals surface area contributed by atoms with Crippen LogP contribution in [0.1, 0.15) is 6.92 Å². The highest BCUT2D eigenvalue weighted by molar-refractivity contribution is 5.97. The number of benzene rings is 1. The maximum absolute atomic E-state index is 5.86. The van der Waals surface area contributed by atoms with E-state index in [1.165, 1.54) is 0 Å². The molecule has 0 bridgehead atoms. The van der Waals surface area contributed by atoms with E-state index in [0.29, 0.717) is 12.3 Å². The van der Waals surface area contributed by atoms with Crippen molar-refractivity contribution in [2.24, 2.45) is 0 Å². The molecular formula is C12H15N3O. The number of ether oxygens (including phenoxy) is 1. The Morgan fingerprint density at radius 3 is 2.94 bits per heavy atom. The smallest absolute Gasteiger partial charge is 0.120 e. The molecule has 0 saturated heterocycles. The summed E-state index contributed by atoms with van der Waals surface area (Å²) in [5.41, 5.74) is 8.30. The van der Waals surface area contributed by atoms with Crippen LogP contribution >= 0.6 is 0 Å². The molecule has 1 aromatic heterocycles. The first kappa shape index (κ1) is 10.5. The maximum atomic E-state index is 5.86. The molecule has 2 rings (SSSR count). The number of pyridine rings is 1. The van der Waals surface area contributed by atoms with E-state index in [-0.39, 0.29) is 0 Å². The quantitative estimate of drug-likeness (QED) is 0.827. The Morgan fingerprint density at radius 2 is 2.25 bits per heavy atom. The molecule has 0 aliphatic rings. The Labute approximate surface area is 94.4 Å². The van der Waals surface area contributed by atoms with E-state index in [0.717, 1.165) is 22.3 Å². The Morgan fingerprint density at radius 1 is 1.44 bits per heavy atom. The SMILES string of the molecule is CCOc1ccc2ncc(N)c(NC)c2c1. The fraction of sp³-hybridized carbons (Fsp3) is 0.250. The van der Waals surface area contributed by atoms with Gasteiger partial charge in [-0.2, -0.15) is 0 Å². The van der Waals surface area contributed by atoms with Gasteiger partial charge in [0.05, 0.1) is 29.7 Å². The van der Waals surface area contributed by atoms with Crippen molar-refractivity contribution in [1.29, 1.82) is 0 Å². The molecule has 0 amide bonds. The van der Waals surface area contributed by atoms with E-state index >= 15 is 0 Å². The molecule has 0 atom stereocenters. The number of rotatable bonds is 3. The summed E-state index contributed by atoms with van der Waals surface area (Å²) in [6, 6.07) is 5.79. The molecule has 0 saturated carbocycles. The molecule has 2 aromatic rings. The van der Waals surface area contributed by atoms with Gasteiger partial charge in [0.15, 0.2) is 0 Å². The number of nitrogens with zero attached hydrogens (tertiary/aromatic N) is 1. The second kappa shape index (κ2) is 4.26. The topological polar surface area (TPSA) is 60.2 Å². The minimum atomic E-state index is 0.642. The summed E-state index contributed by atoms with van der Waals surface area (Å²) in [4.78, 5) is 4.27. The van der Waals surface area contributed by atoms with Crippen LogP contribution in [0.3, 0.4) is 0 Å². The lowest BCUT2D eigenvalue weighted by Crippen LogP contribution is -1.99. The number of anilines is 2. The molecule has 4 nitrogen and oxygen atoms in total. The third-order valence-electron chi connectivity index (χ3n) is 2.43. The van der Waals surface area contributed by atoms with Crippen LogP contribution in [-0.4, -0.2) is 18.6 Å². The first-order chi connectivity index (χ1) is 7.76. The molecule has 3 N–H and O–H groups in total. The number of nitrogen functional groups attached to an aromatic ring is 1. The van der Waals surface area contributed by atoms with Gasteiger partial charge in [0.2, 0.25) is 0 Å². The summed E-state index contributed by atoms with van der Waals surface area (Å²) >= 11 is 0. The first-order valence-corrected chi connectivity index (χ1v) is 5.25. The van der Waals surface area contributed by atoms with Crippen molar-refractivity contribution < 1.29 is 4.74 Å². The van der Waals surface area contributed by atoms with Crippen LogP contribution in [0.15, 0.2) is 24.4 Å². The molecule has 16 heavy (non-hydrogen) atoms. The predicted molar refractivity (Wildman–Crippen MR) is 66.9 cm³/mol. The van der Waals surface area contributed by atoms with E-state index in [4.69, 9.17) is 10.5 Å². The van der Waals surface area contributed by atoms with Crippen molar-refractivity contribution in [2.75, 3.05) is 24.7 Å². The van der Waals surface area contributed by atoms with Crippen LogP contribution < -0.4 is 15.8 Å². The van der Waals surface area contributed by atoms with Crippen molar-refractivity contribution in [1.82, 2.24) is 4.98 Å². The van der Waals surface area contributed by atoms with E-state index < -0.39 is 0 Å². The van der Waals surface area contributed by atoms with Crippen LogP contribution in [0.4, 0.5) is 11.4 Å². The minimum Gasteiger partial charge on any atom is -0.494 e. The molecule has 0 fully saturated rings. The molecule has 0 aliphatic carbocycles. The summed E-state index contributed by atoms with van der Waals surface area (Å²) in [6.45, 7) is 2.61. The molecule has 1 heterocycles. The van der Waals surface area contributed by atoms with Crippen LogP contribution in [0, 0.1) is 0 Å². The third kappa shape index (κ3) is 1.74. The number of fused-ring (bicyclic) bond motifs is 1. The van der Waals surface area contributed by atoms with Crippen LogP contribution in [-0.2, 0) is 0 Å². The lowest BCUT2D eigenvalue weighted by Gasteiger charge is -2.10. The third-order valence-corrected chi connectivity index (χ3v) is 2.43. The Bertz CT molecular complexity index is 511. The molecule has 0 radical (unpaired) electrons. The summed E-state index contributed by atoms with van der Waals surface area (Å²) in [6.07, 6.45) is 1.66. The normalized spacial score (nSPS) is 10.4. The van der Waals surface area contributed by atoms with E-state index in [1.54, 1.807) is 6.20 Å². The second-order valence-corrected chi connectivity index (χ2v) is 3.45. The average Bonchev–Trinajstić information content (AvgIpc) is 2.29. The Balaban J connectivity index is 2.63. The zero-order valence-electron chi connectivity index (χ0n) is 9.45. The highest BCUT2D eigenvalue weighted by atomic mass is 16.5. The largest absolute Gasteiger partial charge is 0.494 e. The summed E-state index contributed by atoms with van der Waals surface area (Å²) in [5, 5.41) is 4.07. The molecule has 0 aliphatic heterocycles. The number of nitrogens with one attached hydrogen (secondary N) is 1. The van der Waals surface area contributed by atoms with Gasteiger partial charge in [0.1, 0.15) is 5.75 Å². The molecule has 4 heteroatoms. The molecule has 0 unspecified atom stereocenters. The van der Waals surface area contributed by atoms with E-state index in [1.807, 2.05) is 32.2 Å². The van der Waals surface area contributed by atoms with Crippen molar-refractivity contribution in [3.05, 3.63) is 24.4 Å². The minimum absolute atomic E-state index is 0.642. The van der Waals surface area contributed by atoms with Gasteiger partial charge in [-0.05, 0) is 25.1 Å². The first-order valence-electron chi connectivity index (χ1n) is 5.25. The lowest BCUT2D eigenvalue weighted by molar-refractivity contribution is 0.340. The number of aromatic nitrogens is 1. The van der Waals surface area contributed by atoms with Crippen molar-refractivity contribution in [3.63, 3.8) is 0 Å². The lowest BCUT2D eigenvalue weighted by atomic mass is 10.1. The molecule has 84 valence electrons. The van der Waals surface area contributed by atoms with Gasteiger partial charge in [0.25, 0.3) is 0 Å². The fourth-order valence-electron chi connectivity index (χ4n) is 1.72. The number of hydrogen-bond donors (Lipinski definition) is 2. The van der Waals surface area contributed by atoms with Crippen LogP contribution in [0.2, 0.25) is 0 Å². The molecule has 1 aromatic carbocycles. The van der Waals surface area contributed by atoms with Gasteiger partial charge in [-0.25, -0.2) is 0 Å². The molecular weight excluding hydrogens is 202 g/mol. The van der Waals surface area contributed by atoms with Gasteiger partial charge >= 0.3 is 0 Å². The number of nitrogens with two attached hydrogens (primary N) is 1. The zero-order chi connectivity index (χ0) is 11.5. The van der Waals surface area contributed by atoms with Crippen LogP contribution in [0.25, 0.3) is 10.9 Å². The summed E-state index contributed by atoms with van der Waals surface area (Å²) in [7, 11) is 1.85. The van der Waals surface area contributed by atoms with Gasteiger partial charge in [-0.1, -0.05) is 0 Å². The van der Waals surface area contributed by atoms with Crippen molar-refractivity contribution in [3.8, 4) is 5.75 Å². The zero-order valence-corrected chi connectivity index (χ0v) is 9.45. The van der Waals surface area contributed by atoms with Gasteiger partial charge in [-0.3, -0.25) is 4.98 Å². The van der Waals surface area contributed by atoms with Crippen molar-refractivity contribution >= 4 is 22.3 Å². The van der Waals surface area contributed by atoms with E-state index in [2.05, 4.69) is 10.3 Å². The second-order valence-electron chi connectivity index (χ2n) is 3.45. The molecule has 0 spiro atoms. The van der Waals surface area contributed by atoms with Gasteiger partial charge in [0, 0.05) is 12.4 Å². The Hall–Kier alpha value is -1.97. The summed E-state index contributed by atoms with van der Waals surface area (Å²) in [5.74, 6) is 0.832. The van der Waals surface area contributed by atoms with Crippen molar-refractivity contribution in [2.45, 2.75) is 6.92 Å². The predicted octanol–water partition coefficient (Wildman–Crippen LogP) is 2.26. The van der Waals surface area contributed by atoms with Gasteiger partial charge in [-0.15, -0.1) is 0 Å². The summed E-state index contributed by atoms with van der Waals surface area (Å²) < 4.78 is 5.46. The highest BCUT2D eigenvalue weighted by Gasteiger charge is 2.06.